The fourth-order valence-corrected chi connectivity index (χ4v) is 5.51. The lowest BCUT2D eigenvalue weighted by Crippen LogP contribution is -2.53. The predicted octanol–water partition coefficient (Wildman–Crippen LogP) is 3.13. The maximum atomic E-state index is 13.5. The van der Waals surface area contributed by atoms with Gasteiger partial charge in [0, 0.05) is 23.0 Å². The topological polar surface area (TPSA) is 87.7 Å². The normalized spacial score (nSPS) is 26.4. The first-order chi connectivity index (χ1) is 15.1. The van der Waals surface area contributed by atoms with Crippen LogP contribution in [0.25, 0.3) is 0 Å². The van der Waals surface area contributed by atoms with Crippen molar-refractivity contribution < 1.29 is 19.1 Å². The van der Waals surface area contributed by atoms with E-state index in [9.17, 15) is 14.4 Å². The smallest absolute Gasteiger partial charge is 0.338 e. The second kappa shape index (κ2) is 7.50. The fraction of sp³-hybridized carbons (Fsp3) is 0.375. The van der Waals surface area contributed by atoms with E-state index in [2.05, 4.69) is 15.5 Å². The molecule has 3 heterocycles. The van der Waals surface area contributed by atoms with E-state index in [4.69, 9.17) is 4.74 Å². The Labute approximate surface area is 180 Å². The number of ether oxygens (including phenoxy) is 1. The van der Waals surface area contributed by atoms with Gasteiger partial charge in [-0.25, -0.2) is 4.79 Å². The van der Waals surface area contributed by atoms with Crippen LogP contribution in [-0.4, -0.2) is 41.9 Å². The summed E-state index contributed by atoms with van der Waals surface area (Å²) in [4.78, 5) is 40.9. The van der Waals surface area contributed by atoms with Gasteiger partial charge in [-0.3, -0.25) is 14.5 Å². The summed E-state index contributed by atoms with van der Waals surface area (Å²) in [6.45, 7) is 2.87. The number of fused-ring (bicyclic) bond motifs is 4. The number of anilines is 2. The summed E-state index contributed by atoms with van der Waals surface area (Å²) in [6.07, 6.45) is 2.68. The average Bonchev–Trinajstić information content (AvgIpc) is 3.43. The highest BCUT2D eigenvalue weighted by atomic mass is 16.5. The zero-order valence-electron chi connectivity index (χ0n) is 17.4. The van der Waals surface area contributed by atoms with Crippen molar-refractivity contribution in [2.24, 2.45) is 5.92 Å². The van der Waals surface area contributed by atoms with Crippen LogP contribution in [0.2, 0.25) is 0 Å². The van der Waals surface area contributed by atoms with Crippen molar-refractivity contribution in [2.45, 2.75) is 37.8 Å². The molecule has 2 amide bonds. The number of carbonyl (C=O) groups excluding carboxylic acids is 3. The zero-order chi connectivity index (χ0) is 21.6. The van der Waals surface area contributed by atoms with Crippen LogP contribution in [0.5, 0.6) is 0 Å². The molecule has 2 fully saturated rings. The van der Waals surface area contributed by atoms with Gasteiger partial charge in [0.25, 0.3) is 0 Å². The number of benzene rings is 2. The van der Waals surface area contributed by atoms with Crippen molar-refractivity contribution in [3.05, 3.63) is 59.7 Å². The molecule has 2 aromatic carbocycles. The minimum Gasteiger partial charge on any atom is -0.462 e. The van der Waals surface area contributed by atoms with E-state index in [1.165, 1.54) is 0 Å². The molecule has 0 aliphatic carbocycles. The quantitative estimate of drug-likeness (QED) is 0.744. The molecule has 1 spiro atoms. The molecule has 7 nitrogen and oxygen atoms in total. The van der Waals surface area contributed by atoms with Gasteiger partial charge < -0.3 is 15.4 Å². The molecule has 3 atom stereocenters. The summed E-state index contributed by atoms with van der Waals surface area (Å²) in [7, 11) is 0. The Morgan fingerprint density at radius 1 is 1.19 bits per heavy atom. The van der Waals surface area contributed by atoms with Gasteiger partial charge in [-0.15, -0.1) is 0 Å². The SMILES string of the molecule is CCOC(=O)c1ccc(NC(=O)C2CC3CCCN3C23C(=O)Nc2ccccc23)cc1. The Bertz CT molecular complexity index is 1050. The van der Waals surface area contributed by atoms with E-state index in [1.807, 2.05) is 24.3 Å². The molecule has 5 rings (SSSR count). The summed E-state index contributed by atoms with van der Waals surface area (Å²) in [5.74, 6) is -1.18. The van der Waals surface area contributed by atoms with E-state index in [0.29, 0.717) is 24.3 Å². The van der Waals surface area contributed by atoms with Crippen LogP contribution in [0.1, 0.15) is 42.1 Å². The van der Waals surface area contributed by atoms with Crippen molar-refractivity contribution in [3.63, 3.8) is 0 Å². The van der Waals surface area contributed by atoms with Crippen molar-refractivity contribution in [3.8, 4) is 0 Å². The van der Waals surface area contributed by atoms with Crippen molar-refractivity contribution in [2.75, 3.05) is 23.8 Å². The van der Waals surface area contributed by atoms with Gasteiger partial charge in [0.1, 0.15) is 5.54 Å². The first-order valence-electron chi connectivity index (χ1n) is 10.8. The molecule has 2 saturated heterocycles. The molecule has 3 aliphatic heterocycles. The maximum Gasteiger partial charge on any atom is 0.338 e. The molecule has 3 aliphatic rings. The van der Waals surface area contributed by atoms with Gasteiger partial charge in [-0.1, -0.05) is 18.2 Å². The maximum absolute atomic E-state index is 13.5. The second-order valence-corrected chi connectivity index (χ2v) is 8.33. The minimum atomic E-state index is -0.966. The monoisotopic (exact) mass is 419 g/mol. The Kier molecular flexibility index (Phi) is 4.78. The van der Waals surface area contributed by atoms with E-state index < -0.39 is 17.4 Å². The standard InChI is InChI=1S/C24H25N3O4/c1-2-31-22(29)15-9-11-16(12-10-15)25-21(28)19-14-17-6-5-13-27(17)24(19)18-7-3-4-8-20(18)26-23(24)30/h3-4,7-12,17,19H,2,5-6,13-14H2,1H3,(H,25,28)(H,26,30). The highest BCUT2D eigenvalue weighted by molar-refractivity contribution is 6.10. The Morgan fingerprint density at radius 2 is 1.97 bits per heavy atom. The summed E-state index contributed by atoms with van der Waals surface area (Å²) in [6, 6.07) is 14.5. The van der Waals surface area contributed by atoms with Gasteiger partial charge in [0.15, 0.2) is 0 Å². The number of esters is 1. The van der Waals surface area contributed by atoms with Crippen molar-refractivity contribution >= 4 is 29.2 Å². The van der Waals surface area contributed by atoms with Crippen LogP contribution in [0.15, 0.2) is 48.5 Å². The number of amides is 2. The van der Waals surface area contributed by atoms with Gasteiger partial charge in [-0.2, -0.15) is 0 Å². The van der Waals surface area contributed by atoms with Crippen LogP contribution in [0, 0.1) is 5.92 Å². The number of nitrogens with one attached hydrogen (secondary N) is 2. The molecule has 0 radical (unpaired) electrons. The third-order valence-electron chi connectivity index (χ3n) is 6.75. The number of hydrogen-bond acceptors (Lipinski definition) is 5. The largest absolute Gasteiger partial charge is 0.462 e. The molecule has 160 valence electrons. The van der Waals surface area contributed by atoms with E-state index in [0.717, 1.165) is 30.6 Å². The van der Waals surface area contributed by atoms with Crippen LogP contribution >= 0.6 is 0 Å². The average molecular weight is 419 g/mol. The summed E-state index contributed by atoms with van der Waals surface area (Å²) in [5, 5.41) is 5.99. The van der Waals surface area contributed by atoms with Gasteiger partial charge >= 0.3 is 5.97 Å². The minimum absolute atomic E-state index is 0.115. The molecular formula is C24H25N3O4. The molecular weight excluding hydrogens is 394 g/mol. The molecule has 2 aromatic rings. The Morgan fingerprint density at radius 3 is 2.74 bits per heavy atom. The van der Waals surface area contributed by atoms with Crippen LogP contribution < -0.4 is 10.6 Å². The predicted molar refractivity (Wildman–Crippen MR) is 116 cm³/mol. The Balaban J connectivity index is 1.45. The van der Waals surface area contributed by atoms with Gasteiger partial charge in [0.2, 0.25) is 11.8 Å². The third-order valence-corrected chi connectivity index (χ3v) is 6.75. The molecule has 7 heteroatoms. The second-order valence-electron chi connectivity index (χ2n) is 8.33. The number of hydrogen-bond donors (Lipinski definition) is 2. The van der Waals surface area contributed by atoms with Gasteiger partial charge in [-0.05, 0) is 63.1 Å². The summed E-state index contributed by atoms with van der Waals surface area (Å²) < 4.78 is 5.00. The van der Waals surface area contributed by atoms with Crippen molar-refractivity contribution in [1.82, 2.24) is 4.90 Å². The number of carbonyl (C=O) groups is 3. The van der Waals surface area contributed by atoms with E-state index in [-0.39, 0.29) is 17.9 Å². The fourth-order valence-electron chi connectivity index (χ4n) is 5.51. The molecule has 0 aromatic heterocycles. The lowest BCUT2D eigenvalue weighted by atomic mass is 9.78. The zero-order valence-corrected chi connectivity index (χ0v) is 17.4. The summed E-state index contributed by atoms with van der Waals surface area (Å²) in [5.41, 5.74) is 1.74. The highest BCUT2D eigenvalue weighted by Crippen LogP contribution is 2.55. The van der Waals surface area contributed by atoms with Crippen molar-refractivity contribution in [1.29, 1.82) is 0 Å². The molecule has 0 bridgehead atoms. The number of nitrogens with zero attached hydrogens (tertiary/aromatic N) is 1. The van der Waals surface area contributed by atoms with Gasteiger partial charge in [0.05, 0.1) is 18.1 Å². The summed E-state index contributed by atoms with van der Waals surface area (Å²) >= 11 is 0. The molecule has 0 saturated carbocycles. The third kappa shape index (κ3) is 2.95. The van der Waals surface area contributed by atoms with E-state index >= 15 is 0 Å². The van der Waals surface area contributed by atoms with Crippen LogP contribution in [0.4, 0.5) is 11.4 Å². The first-order valence-corrected chi connectivity index (χ1v) is 10.8. The lowest BCUT2D eigenvalue weighted by Gasteiger charge is -2.36. The number of para-hydroxylation sites is 1. The molecule has 2 N–H and O–H groups in total. The van der Waals surface area contributed by atoms with E-state index in [1.54, 1.807) is 31.2 Å². The molecule has 3 unspecified atom stereocenters. The first kappa shape index (κ1) is 19.8. The lowest BCUT2D eigenvalue weighted by molar-refractivity contribution is -0.135. The highest BCUT2D eigenvalue weighted by Gasteiger charge is 2.65. The Hall–Kier alpha value is -3.19. The van der Waals surface area contributed by atoms with Crippen LogP contribution in [-0.2, 0) is 19.9 Å². The number of rotatable bonds is 4. The molecule has 31 heavy (non-hydrogen) atoms. The van der Waals surface area contributed by atoms with Crippen LogP contribution in [0.3, 0.4) is 0 Å².